The monoisotopic (exact) mass is 362 g/mol. The highest BCUT2D eigenvalue weighted by Crippen LogP contribution is 2.24. The van der Waals surface area contributed by atoms with E-state index in [9.17, 15) is 0 Å². The molecule has 2 aromatic carbocycles. The minimum atomic E-state index is 0.477. The molecule has 0 fully saturated rings. The minimum Gasteiger partial charge on any atom is -0.497 e. The Labute approximate surface area is 148 Å². The first-order valence-electron chi connectivity index (χ1n) is 7.24. The number of nitrogens with zero attached hydrogens (tertiary/aromatic N) is 2. The van der Waals surface area contributed by atoms with Crippen molar-refractivity contribution >= 4 is 23.4 Å². The summed E-state index contributed by atoms with van der Waals surface area (Å²) in [6.07, 6.45) is 0. The van der Waals surface area contributed by atoms with Crippen LogP contribution in [0.4, 0.5) is 0 Å². The Morgan fingerprint density at radius 2 is 1.71 bits per heavy atom. The predicted molar refractivity (Wildman–Crippen MR) is 94.0 cm³/mol. The fraction of sp³-hybridized carbons (Fsp3) is 0.176. The molecule has 1 heterocycles. The smallest absolute Gasteiger partial charge is 0.276 e. The summed E-state index contributed by atoms with van der Waals surface area (Å²) < 4.78 is 16.4. The molecule has 0 radical (unpaired) electrons. The average molecular weight is 363 g/mol. The molecule has 0 amide bonds. The summed E-state index contributed by atoms with van der Waals surface area (Å²) in [6, 6.07) is 14.7. The van der Waals surface area contributed by atoms with Crippen molar-refractivity contribution in [1.29, 1.82) is 0 Å². The largest absolute Gasteiger partial charge is 0.497 e. The lowest BCUT2D eigenvalue weighted by Crippen LogP contribution is -1.99. The van der Waals surface area contributed by atoms with Crippen LogP contribution in [0.2, 0.25) is 5.02 Å². The van der Waals surface area contributed by atoms with Crippen LogP contribution in [0.5, 0.6) is 11.5 Å². The van der Waals surface area contributed by atoms with E-state index >= 15 is 0 Å². The first-order valence-corrected chi connectivity index (χ1v) is 8.60. The van der Waals surface area contributed by atoms with Crippen LogP contribution in [0.1, 0.15) is 0 Å². The summed E-state index contributed by atoms with van der Waals surface area (Å²) >= 11 is 7.31. The lowest BCUT2D eigenvalue weighted by Gasteiger charge is -2.05. The lowest BCUT2D eigenvalue weighted by atomic mass is 10.2. The van der Waals surface area contributed by atoms with Gasteiger partial charge in [0.15, 0.2) is 0 Å². The molecule has 0 aliphatic heterocycles. The van der Waals surface area contributed by atoms with Gasteiger partial charge in [-0.15, -0.1) is 10.2 Å². The van der Waals surface area contributed by atoms with Gasteiger partial charge in [-0.2, -0.15) is 0 Å². The normalized spacial score (nSPS) is 10.6. The zero-order chi connectivity index (χ0) is 16.8. The summed E-state index contributed by atoms with van der Waals surface area (Å²) in [6.45, 7) is 0.537. The summed E-state index contributed by atoms with van der Waals surface area (Å²) in [7, 11) is 1.63. The van der Waals surface area contributed by atoms with E-state index in [-0.39, 0.29) is 0 Å². The molecule has 0 saturated heterocycles. The Morgan fingerprint density at radius 3 is 2.42 bits per heavy atom. The standard InChI is InChI=1S/C17H15ClN2O3S/c1-21-14-6-8-15(9-7-14)22-10-11-24-17-20-19-16(23-17)12-2-4-13(18)5-3-12/h2-9H,10-11H2,1H3. The van der Waals surface area contributed by atoms with E-state index in [1.54, 1.807) is 19.2 Å². The van der Waals surface area contributed by atoms with E-state index in [1.165, 1.54) is 11.8 Å². The second-order valence-electron chi connectivity index (χ2n) is 4.75. The molecule has 0 saturated carbocycles. The number of thioether (sulfide) groups is 1. The van der Waals surface area contributed by atoms with Gasteiger partial charge in [0, 0.05) is 16.3 Å². The van der Waals surface area contributed by atoms with Crippen molar-refractivity contribution in [2.75, 3.05) is 19.5 Å². The van der Waals surface area contributed by atoms with Gasteiger partial charge in [0.2, 0.25) is 5.89 Å². The maximum Gasteiger partial charge on any atom is 0.276 e. The van der Waals surface area contributed by atoms with Crippen LogP contribution in [0, 0.1) is 0 Å². The van der Waals surface area contributed by atoms with Crippen molar-refractivity contribution < 1.29 is 13.9 Å². The number of hydrogen-bond acceptors (Lipinski definition) is 6. The number of rotatable bonds is 7. The fourth-order valence-electron chi connectivity index (χ4n) is 1.94. The van der Waals surface area contributed by atoms with Crippen molar-refractivity contribution in [2.24, 2.45) is 0 Å². The first kappa shape index (κ1) is 16.7. The van der Waals surface area contributed by atoms with E-state index in [4.69, 9.17) is 25.5 Å². The maximum atomic E-state index is 5.86. The SMILES string of the molecule is COc1ccc(OCCSc2nnc(-c3ccc(Cl)cc3)o2)cc1. The fourth-order valence-corrected chi connectivity index (χ4v) is 2.64. The van der Waals surface area contributed by atoms with Gasteiger partial charge in [0.25, 0.3) is 5.22 Å². The third kappa shape index (κ3) is 4.43. The van der Waals surface area contributed by atoms with Crippen LogP contribution in [0.15, 0.2) is 58.2 Å². The molecular formula is C17H15ClN2O3S. The van der Waals surface area contributed by atoms with Gasteiger partial charge in [-0.25, -0.2) is 0 Å². The first-order chi connectivity index (χ1) is 11.7. The van der Waals surface area contributed by atoms with Crippen LogP contribution in [0.25, 0.3) is 11.5 Å². The molecule has 0 spiro atoms. The number of methoxy groups -OCH3 is 1. The predicted octanol–water partition coefficient (Wildman–Crippen LogP) is 4.57. The van der Waals surface area contributed by atoms with Crippen molar-refractivity contribution in [3.63, 3.8) is 0 Å². The van der Waals surface area contributed by atoms with Gasteiger partial charge in [-0.05, 0) is 48.5 Å². The van der Waals surface area contributed by atoms with Crippen LogP contribution in [0.3, 0.4) is 0 Å². The minimum absolute atomic E-state index is 0.477. The van der Waals surface area contributed by atoms with Crippen molar-refractivity contribution in [1.82, 2.24) is 10.2 Å². The molecule has 1 aromatic heterocycles. The van der Waals surface area contributed by atoms with Crippen molar-refractivity contribution in [2.45, 2.75) is 5.22 Å². The van der Waals surface area contributed by atoms with E-state index in [1.807, 2.05) is 36.4 Å². The van der Waals surface area contributed by atoms with E-state index in [2.05, 4.69) is 10.2 Å². The van der Waals surface area contributed by atoms with Crippen molar-refractivity contribution in [3.05, 3.63) is 53.6 Å². The Morgan fingerprint density at radius 1 is 1.00 bits per heavy atom. The Balaban J connectivity index is 1.47. The maximum absolute atomic E-state index is 5.86. The van der Waals surface area contributed by atoms with Gasteiger partial charge >= 0.3 is 0 Å². The Bertz CT molecular complexity index is 775. The molecule has 7 heteroatoms. The van der Waals surface area contributed by atoms with E-state index in [0.717, 1.165) is 17.1 Å². The zero-order valence-electron chi connectivity index (χ0n) is 12.9. The molecular weight excluding hydrogens is 348 g/mol. The molecule has 0 aliphatic rings. The highest BCUT2D eigenvalue weighted by atomic mass is 35.5. The number of halogens is 1. The van der Waals surface area contributed by atoms with Crippen LogP contribution >= 0.6 is 23.4 Å². The van der Waals surface area contributed by atoms with Gasteiger partial charge in [-0.1, -0.05) is 23.4 Å². The second kappa shape index (κ2) is 8.08. The molecule has 124 valence electrons. The molecule has 3 aromatic rings. The molecule has 0 N–H and O–H groups in total. The molecule has 0 unspecified atom stereocenters. The third-order valence-electron chi connectivity index (χ3n) is 3.13. The molecule has 0 bridgehead atoms. The average Bonchev–Trinajstić information content (AvgIpc) is 3.09. The highest BCUT2D eigenvalue weighted by Gasteiger charge is 2.09. The van der Waals surface area contributed by atoms with E-state index < -0.39 is 0 Å². The Kier molecular flexibility index (Phi) is 5.61. The quantitative estimate of drug-likeness (QED) is 0.453. The highest BCUT2D eigenvalue weighted by molar-refractivity contribution is 7.99. The third-order valence-corrected chi connectivity index (χ3v) is 4.17. The lowest BCUT2D eigenvalue weighted by molar-refractivity contribution is 0.342. The second-order valence-corrected chi connectivity index (χ2v) is 6.24. The number of benzene rings is 2. The summed E-state index contributed by atoms with van der Waals surface area (Å²) in [5.74, 6) is 2.78. The Hall–Kier alpha value is -2.18. The van der Waals surface area contributed by atoms with E-state index in [0.29, 0.717) is 28.5 Å². The van der Waals surface area contributed by atoms with Gasteiger partial charge < -0.3 is 13.9 Å². The number of hydrogen-bond donors (Lipinski definition) is 0. The van der Waals surface area contributed by atoms with Gasteiger partial charge in [0.1, 0.15) is 11.5 Å². The van der Waals surface area contributed by atoms with Gasteiger partial charge in [-0.3, -0.25) is 0 Å². The van der Waals surface area contributed by atoms with Crippen LogP contribution in [-0.4, -0.2) is 29.7 Å². The number of aromatic nitrogens is 2. The summed E-state index contributed by atoms with van der Waals surface area (Å²) in [4.78, 5) is 0. The number of ether oxygens (including phenoxy) is 2. The topological polar surface area (TPSA) is 57.4 Å². The van der Waals surface area contributed by atoms with Crippen LogP contribution in [-0.2, 0) is 0 Å². The van der Waals surface area contributed by atoms with Gasteiger partial charge in [0.05, 0.1) is 13.7 Å². The molecule has 0 atom stereocenters. The molecule has 3 rings (SSSR count). The molecule has 5 nitrogen and oxygen atoms in total. The van der Waals surface area contributed by atoms with Crippen molar-refractivity contribution in [3.8, 4) is 23.0 Å². The zero-order valence-corrected chi connectivity index (χ0v) is 14.5. The summed E-state index contributed by atoms with van der Waals surface area (Å²) in [5, 5.41) is 9.24. The summed E-state index contributed by atoms with van der Waals surface area (Å²) in [5.41, 5.74) is 0.841. The molecule has 0 aliphatic carbocycles. The molecule has 24 heavy (non-hydrogen) atoms. The van der Waals surface area contributed by atoms with Crippen LogP contribution < -0.4 is 9.47 Å².